The van der Waals surface area contributed by atoms with Crippen molar-refractivity contribution in [2.45, 2.75) is 19.4 Å². The average Bonchev–Trinajstić information content (AvgIpc) is 3.32. The van der Waals surface area contributed by atoms with Crippen LogP contribution in [-0.2, 0) is 19.1 Å². The Morgan fingerprint density at radius 3 is 2.08 bits per heavy atom. The third-order valence-corrected chi connectivity index (χ3v) is 9.13. The van der Waals surface area contributed by atoms with Gasteiger partial charge in [0.05, 0.1) is 41.7 Å². The predicted octanol–water partition coefficient (Wildman–Crippen LogP) is 5.35. The van der Waals surface area contributed by atoms with Crippen LogP contribution in [0.5, 0.6) is 5.75 Å². The highest BCUT2D eigenvalue weighted by molar-refractivity contribution is 8.29. The fourth-order valence-electron chi connectivity index (χ4n) is 4.09. The lowest BCUT2D eigenvalue weighted by atomic mass is 9.82. The summed E-state index contributed by atoms with van der Waals surface area (Å²) in [5.41, 5.74) is 0.651. The summed E-state index contributed by atoms with van der Waals surface area (Å²) in [6.07, 6.45) is 0. The number of methoxy groups -OCH3 is 3. The first-order valence-electron chi connectivity index (χ1n) is 10.9. The third-order valence-electron chi connectivity index (χ3n) is 5.87. The largest absolute Gasteiger partial charge is 0.495 e. The van der Waals surface area contributed by atoms with Gasteiger partial charge in [-0.25, -0.2) is 14.0 Å². The fourth-order valence-corrected chi connectivity index (χ4v) is 7.13. The van der Waals surface area contributed by atoms with Crippen LogP contribution in [0.15, 0.2) is 56.5 Å². The van der Waals surface area contributed by atoms with Crippen molar-refractivity contribution in [3.63, 3.8) is 0 Å². The molecule has 0 N–H and O–H groups in total. The number of rotatable bonds is 4. The maximum Gasteiger partial charge on any atom is 0.346 e. The molecular weight excluding hydrogens is 537 g/mol. The number of carbonyl (C=O) groups excluding carboxylic acids is 3. The van der Waals surface area contributed by atoms with E-state index in [2.05, 4.69) is 0 Å². The highest BCUT2D eigenvalue weighted by Gasteiger charge is 2.47. The van der Waals surface area contributed by atoms with Gasteiger partial charge >= 0.3 is 11.9 Å². The normalized spacial score (nSPS) is 16.5. The molecule has 0 bridgehead atoms. The van der Waals surface area contributed by atoms with Crippen LogP contribution >= 0.6 is 35.7 Å². The number of halogens is 1. The third kappa shape index (κ3) is 4.55. The van der Waals surface area contributed by atoms with Crippen LogP contribution < -0.4 is 9.64 Å². The summed E-state index contributed by atoms with van der Waals surface area (Å²) in [7, 11) is 3.94. The zero-order valence-corrected chi connectivity index (χ0v) is 23.0. The maximum atomic E-state index is 14.0. The molecule has 11 heteroatoms. The Morgan fingerprint density at radius 1 is 0.946 bits per heavy atom. The van der Waals surface area contributed by atoms with Crippen molar-refractivity contribution in [1.29, 1.82) is 0 Å². The van der Waals surface area contributed by atoms with Gasteiger partial charge in [0.2, 0.25) is 0 Å². The number of benzene rings is 2. The van der Waals surface area contributed by atoms with E-state index in [0.717, 1.165) is 23.5 Å². The molecule has 2 aliphatic heterocycles. The number of nitrogens with zero attached hydrogens (tertiary/aromatic N) is 1. The average molecular weight is 560 g/mol. The SMILES string of the molecule is COC(=O)C1=C(C(=O)OC)SC(=C2C(=S)C(C)(C)N(C(=O)c3cccc(F)c3)c3c(OC)cccc32)S1. The zero-order chi connectivity index (χ0) is 27.1. The summed E-state index contributed by atoms with van der Waals surface area (Å²) in [5.74, 6) is -1.95. The van der Waals surface area contributed by atoms with Gasteiger partial charge in [-0.2, -0.15) is 0 Å². The standard InChI is InChI=1S/C26H22FNO6S3/c1-26(2)21(35)17(25-36-19(23(30)33-4)20(37-25)24(31)34-5)15-10-7-11-16(32-3)18(15)28(26)22(29)13-8-6-9-14(27)12-13/h6-12H,1-5H3. The summed E-state index contributed by atoms with van der Waals surface area (Å²) >= 11 is 8.06. The van der Waals surface area contributed by atoms with Crippen molar-refractivity contribution < 1.29 is 33.0 Å². The highest BCUT2D eigenvalue weighted by Crippen LogP contribution is 2.57. The molecule has 0 spiro atoms. The first-order chi connectivity index (χ1) is 17.6. The van der Waals surface area contributed by atoms with Crippen LogP contribution in [0, 0.1) is 5.82 Å². The molecule has 4 rings (SSSR count). The Hall–Kier alpha value is -3.15. The second-order valence-electron chi connectivity index (χ2n) is 8.40. The minimum Gasteiger partial charge on any atom is -0.495 e. The molecule has 2 aromatic rings. The molecule has 2 aliphatic rings. The number of carbonyl (C=O) groups is 3. The monoisotopic (exact) mass is 559 g/mol. The van der Waals surface area contributed by atoms with Crippen molar-refractivity contribution in [2.24, 2.45) is 0 Å². The van der Waals surface area contributed by atoms with E-state index >= 15 is 0 Å². The summed E-state index contributed by atoms with van der Waals surface area (Å²) in [6.45, 7) is 3.56. The lowest BCUT2D eigenvalue weighted by Crippen LogP contribution is -2.56. The van der Waals surface area contributed by atoms with Gasteiger partial charge in [0, 0.05) is 16.7 Å². The number of hydrogen-bond donors (Lipinski definition) is 0. The first-order valence-corrected chi connectivity index (χ1v) is 12.9. The highest BCUT2D eigenvalue weighted by atomic mass is 32.2. The predicted molar refractivity (Wildman–Crippen MR) is 146 cm³/mol. The number of anilines is 1. The molecule has 0 aromatic heterocycles. The van der Waals surface area contributed by atoms with Gasteiger partial charge in [-0.05, 0) is 38.1 Å². The number of hydrogen-bond acceptors (Lipinski definition) is 9. The van der Waals surface area contributed by atoms with Gasteiger partial charge in [0.25, 0.3) is 5.91 Å². The van der Waals surface area contributed by atoms with E-state index in [1.165, 1.54) is 50.5 Å². The van der Waals surface area contributed by atoms with Gasteiger partial charge < -0.3 is 14.2 Å². The minimum atomic E-state index is -1.08. The topological polar surface area (TPSA) is 82.1 Å². The molecule has 2 aromatic carbocycles. The van der Waals surface area contributed by atoms with E-state index in [4.69, 9.17) is 26.4 Å². The Kier molecular flexibility index (Phi) is 7.50. The number of fused-ring (bicyclic) bond motifs is 1. The summed E-state index contributed by atoms with van der Waals surface area (Å²) in [4.78, 5) is 40.8. The van der Waals surface area contributed by atoms with E-state index in [9.17, 15) is 18.8 Å². The van der Waals surface area contributed by atoms with Gasteiger partial charge in [-0.1, -0.05) is 53.9 Å². The molecule has 0 saturated carbocycles. The molecule has 7 nitrogen and oxygen atoms in total. The number of para-hydroxylation sites is 1. The number of amides is 1. The number of ether oxygens (including phenoxy) is 3. The van der Waals surface area contributed by atoms with E-state index < -0.39 is 29.2 Å². The van der Waals surface area contributed by atoms with Gasteiger partial charge in [0.15, 0.2) is 0 Å². The van der Waals surface area contributed by atoms with E-state index in [0.29, 0.717) is 31.7 Å². The summed E-state index contributed by atoms with van der Waals surface area (Å²) in [5, 5.41) is 0. The van der Waals surface area contributed by atoms with Crippen molar-refractivity contribution in [3.8, 4) is 5.75 Å². The first kappa shape index (κ1) is 26.9. The molecule has 0 atom stereocenters. The minimum absolute atomic E-state index is 0.0881. The van der Waals surface area contributed by atoms with Crippen LogP contribution in [0.25, 0.3) is 5.57 Å². The fraction of sp³-hybridized carbons (Fsp3) is 0.231. The molecule has 0 aliphatic carbocycles. The lowest BCUT2D eigenvalue weighted by molar-refractivity contribution is -0.138. The molecule has 1 amide bonds. The van der Waals surface area contributed by atoms with E-state index in [1.54, 1.807) is 32.0 Å². The molecule has 0 saturated heterocycles. The van der Waals surface area contributed by atoms with E-state index in [1.807, 2.05) is 0 Å². The van der Waals surface area contributed by atoms with Crippen molar-refractivity contribution in [1.82, 2.24) is 0 Å². The molecule has 0 radical (unpaired) electrons. The Labute approximate surface area is 227 Å². The summed E-state index contributed by atoms with van der Waals surface area (Å²) < 4.78 is 30.0. The molecule has 192 valence electrons. The Bertz CT molecular complexity index is 1380. The quantitative estimate of drug-likeness (QED) is 0.280. The van der Waals surface area contributed by atoms with Crippen molar-refractivity contribution in [3.05, 3.63) is 73.5 Å². The molecular formula is C26H22FNO6S3. The van der Waals surface area contributed by atoms with Crippen LogP contribution in [0.2, 0.25) is 0 Å². The summed E-state index contributed by atoms with van der Waals surface area (Å²) in [6, 6.07) is 10.7. The lowest BCUT2D eigenvalue weighted by Gasteiger charge is -2.45. The zero-order valence-electron chi connectivity index (χ0n) is 20.5. The van der Waals surface area contributed by atoms with Crippen LogP contribution in [-0.4, -0.2) is 49.6 Å². The van der Waals surface area contributed by atoms with E-state index in [-0.39, 0.29) is 15.4 Å². The Balaban J connectivity index is 1.96. The molecule has 2 heterocycles. The number of thioether (sulfide) groups is 2. The van der Waals surface area contributed by atoms with Gasteiger partial charge in [0.1, 0.15) is 21.4 Å². The van der Waals surface area contributed by atoms with Crippen LogP contribution in [0.3, 0.4) is 0 Å². The van der Waals surface area contributed by atoms with Crippen LogP contribution in [0.4, 0.5) is 10.1 Å². The molecule has 0 unspecified atom stereocenters. The van der Waals surface area contributed by atoms with Gasteiger partial charge in [-0.3, -0.25) is 9.69 Å². The second kappa shape index (κ2) is 10.3. The molecule has 0 fully saturated rings. The van der Waals surface area contributed by atoms with Gasteiger partial charge in [-0.15, -0.1) is 0 Å². The van der Waals surface area contributed by atoms with Crippen molar-refractivity contribution >= 4 is 69.7 Å². The second-order valence-corrected chi connectivity index (χ2v) is 11.1. The smallest absolute Gasteiger partial charge is 0.346 e. The van der Waals surface area contributed by atoms with Crippen LogP contribution in [0.1, 0.15) is 29.8 Å². The maximum absolute atomic E-state index is 14.0. The van der Waals surface area contributed by atoms with Crippen molar-refractivity contribution in [2.75, 3.05) is 26.2 Å². The molecule has 37 heavy (non-hydrogen) atoms. The Morgan fingerprint density at radius 2 is 1.54 bits per heavy atom. The number of esters is 2. The number of thiocarbonyl (C=S) groups is 1.